The standard InChI is InChI=1S/C20H19N5O3S/c21-18(26)8-9-19-22-23-20(25(19)12-16-7-4-10-27-16)29-13-15-11-17(28-24-15)14-5-2-1-3-6-14/h1-7,10-11H,8-9,12-13H2,(H2,21,26). The predicted octanol–water partition coefficient (Wildman–Crippen LogP) is 3.28. The molecule has 0 aliphatic rings. The van der Waals surface area contributed by atoms with Gasteiger partial charge in [0.2, 0.25) is 5.91 Å². The van der Waals surface area contributed by atoms with Gasteiger partial charge in [-0.15, -0.1) is 10.2 Å². The summed E-state index contributed by atoms with van der Waals surface area (Å²) in [5.41, 5.74) is 7.06. The molecule has 0 spiro atoms. The zero-order valence-electron chi connectivity index (χ0n) is 15.5. The van der Waals surface area contributed by atoms with Gasteiger partial charge in [-0.05, 0) is 12.1 Å². The molecule has 1 aromatic carbocycles. The summed E-state index contributed by atoms with van der Waals surface area (Å²) < 4.78 is 12.8. The van der Waals surface area contributed by atoms with Crippen LogP contribution in [0.3, 0.4) is 0 Å². The van der Waals surface area contributed by atoms with Crippen molar-refractivity contribution in [2.75, 3.05) is 0 Å². The molecule has 0 radical (unpaired) electrons. The minimum Gasteiger partial charge on any atom is -0.467 e. The summed E-state index contributed by atoms with van der Waals surface area (Å²) in [6, 6.07) is 15.5. The van der Waals surface area contributed by atoms with E-state index in [2.05, 4.69) is 15.4 Å². The molecule has 4 aromatic rings. The molecule has 0 unspecified atom stereocenters. The van der Waals surface area contributed by atoms with Crippen LogP contribution >= 0.6 is 11.8 Å². The van der Waals surface area contributed by atoms with Gasteiger partial charge in [0.25, 0.3) is 0 Å². The zero-order chi connectivity index (χ0) is 20.1. The molecule has 1 amide bonds. The van der Waals surface area contributed by atoms with E-state index in [1.807, 2.05) is 53.1 Å². The molecule has 0 fully saturated rings. The topological polar surface area (TPSA) is 113 Å². The predicted molar refractivity (Wildman–Crippen MR) is 107 cm³/mol. The first-order valence-electron chi connectivity index (χ1n) is 9.05. The molecule has 3 aromatic heterocycles. The average Bonchev–Trinajstić information content (AvgIpc) is 3.48. The number of thioether (sulfide) groups is 1. The van der Waals surface area contributed by atoms with Gasteiger partial charge in [-0.25, -0.2) is 0 Å². The summed E-state index contributed by atoms with van der Waals surface area (Å²) in [4.78, 5) is 11.2. The Morgan fingerprint density at radius 1 is 1.14 bits per heavy atom. The molecule has 29 heavy (non-hydrogen) atoms. The molecule has 8 nitrogen and oxygen atoms in total. The van der Waals surface area contributed by atoms with Crippen molar-refractivity contribution in [1.82, 2.24) is 19.9 Å². The van der Waals surface area contributed by atoms with Crippen LogP contribution in [0.4, 0.5) is 0 Å². The number of furan rings is 1. The third-order valence-electron chi connectivity index (χ3n) is 4.25. The fraction of sp³-hybridized carbons (Fsp3) is 0.200. The summed E-state index contributed by atoms with van der Waals surface area (Å²) in [7, 11) is 0. The Bertz CT molecular complexity index is 1070. The second-order valence-electron chi connectivity index (χ2n) is 6.37. The lowest BCUT2D eigenvalue weighted by Crippen LogP contribution is -2.14. The van der Waals surface area contributed by atoms with Crippen LogP contribution in [-0.2, 0) is 23.5 Å². The first-order chi connectivity index (χ1) is 14.2. The third-order valence-corrected chi connectivity index (χ3v) is 5.25. The summed E-state index contributed by atoms with van der Waals surface area (Å²) in [6.45, 7) is 0.477. The highest BCUT2D eigenvalue weighted by molar-refractivity contribution is 7.98. The van der Waals surface area contributed by atoms with Crippen LogP contribution in [0.25, 0.3) is 11.3 Å². The van der Waals surface area contributed by atoms with Gasteiger partial charge in [-0.3, -0.25) is 9.36 Å². The van der Waals surface area contributed by atoms with E-state index in [-0.39, 0.29) is 12.3 Å². The SMILES string of the molecule is NC(=O)CCc1nnc(SCc2cc(-c3ccccc3)on2)n1Cc1ccco1. The molecule has 4 rings (SSSR count). The van der Waals surface area contributed by atoms with E-state index in [0.717, 1.165) is 22.8 Å². The molecule has 0 saturated carbocycles. The van der Waals surface area contributed by atoms with Crippen molar-refractivity contribution in [2.24, 2.45) is 5.73 Å². The number of nitrogens with two attached hydrogens (primary N) is 1. The average molecular weight is 409 g/mol. The third kappa shape index (κ3) is 4.75. The van der Waals surface area contributed by atoms with Crippen LogP contribution in [0.2, 0.25) is 0 Å². The van der Waals surface area contributed by atoms with Crippen LogP contribution in [-0.4, -0.2) is 25.8 Å². The number of hydrogen-bond donors (Lipinski definition) is 1. The second kappa shape index (κ2) is 8.78. The van der Waals surface area contributed by atoms with E-state index >= 15 is 0 Å². The van der Waals surface area contributed by atoms with E-state index < -0.39 is 0 Å². The monoisotopic (exact) mass is 409 g/mol. The Balaban J connectivity index is 1.49. The number of rotatable bonds is 9. The Kier molecular flexibility index (Phi) is 5.76. The molecule has 2 N–H and O–H groups in total. The summed E-state index contributed by atoms with van der Waals surface area (Å²) in [5, 5.41) is 13.4. The summed E-state index contributed by atoms with van der Waals surface area (Å²) >= 11 is 1.49. The van der Waals surface area contributed by atoms with Crippen molar-refractivity contribution >= 4 is 17.7 Å². The van der Waals surface area contributed by atoms with Crippen molar-refractivity contribution in [3.63, 3.8) is 0 Å². The smallest absolute Gasteiger partial charge is 0.217 e. The lowest BCUT2D eigenvalue weighted by Gasteiger charge is -2.07. The first-order valence-corrected chi connectivity index (χ1v) is 10.0. The van der Waals surface area contributed by atoms with Crippen LogP contribution in [0, 0.1) is 0 Å². The van der Waals surface area contributed by atoms with E-state index in [4.69, 9.17) is 14.7 Å². The number of carbonyl (C=O) groups is 1. The minimum atomic E-state index is -0.372. The lowest BCUT2D eigenvalue weighted by atomic mass is 10.2. The first kappa shape index (κ1) is 19.0. The van der Waals surface area contributed by atoms with Gasteiger partial charge in [0.1, 0.15) is 11.6 Å². The van der Waals surface area contributed by atoms with Crippen molar-refractivity contribution in [3.8, 4) is 11.3 Å². The van der Waals surface area contributed by atoms with Crippen LogP contribution in [0.5, 0.6) is 0 Å². The second-order valence-corrected chi connectivity index (χ2v) is 7.31. The number of primary amides is 1. The highest BCUT2D eigenvalue weighted by Gasteiger charge is 2.16. The van der Waals surface area contributed by atoms with Gasteiger partial charge in [0.15, 0.2) is 10.9 Å². The molecule has 0 atom stereocenters. The van der Waals surface area contributed by atoms with Crippen molar-refractivity contribution in [3.05, 3.63) is 72.1 Å². The molecule has 3 heterocycles. The largest absolute Gasteiger partial charge is 0.467 e. The Labute approximate surface area is 171 Å². The van der Waals surface area contributed by atoms with Crippen molar-refractivity contribution in [1.29, 1.82) is 0 Å². The molecule has 0 aliphatic heterocycles. The van der Waals surface area contributed by atoms with Crippen molar-refractivity contribution < 1.29 is 13.7 Å². The molecule has 0 aliphatic carbocycles. The number of aromatic nitrogens is 4. The van der Waals surface area contributed by atoms with E-state index in [1.165, 1.54) is 11.8 Å². The van der Waals surface area contributed by atoms with E-state index in [9.17, 15) is 4.79 Å². The Morgan fingerprint density at radius 3 is 2.76 bits per heavy atom. The Morgan fingerprint density at radius 2 is 2.00 bits per heavy atom. The maximum Gasteiger partial charge on any atom is 0.217 e. The Hall–Kier alpha value is -3.33. The number of amides is 1. The molecular formula is C20H19N5O3S. The number of nitrogens with zero attached hydrogens (tertiary/aromatic N) is 4. The maximum absolute atomic E-state index is 11.2. The zero-order valence-corrected chi connectivity index (χ0v) is 16.3. The van der Waals surface area contributed by atoms with Crippen LogP contribution < -0.4 is 5.73 Å². The number of aryl methyl sites for hydroxylation is 1. The summed E-state index contributed by atoms with van der Waals surface area (Å²) in [6.07, 6.45) is 2.26. The fourth-order valence-corrected chi connectivity index (χ4v) is 3.66. The minimum absolute atomic E-state index is 0.213. The number of hydrogen-bond acceptors (Lipinski definition) is 7. The van der Waals surface area contributed by atoms with Gasteiger partial charge in [0, 0.05) is 30.2 Å². The van der Waals surface area contributed by atoms with Gasteiger partial charge in [-0.2, -0.15) is 0 Å². The normalized spacial score (nSPS) is 11.0. The highest BCUT2D eigenvalue weighted by Crippen LogP contribution is 2.26. The molecule has 9 heteroatoms. The van der Waals surface area contributed by atoms with Gasteiger partial charge in [-0.1, -0.05) is 47.3 Å². The van der Waals surface area contributed by atoms with Gasteiger partial charge < -0.3 is 14.7 Å². The van der Waals surface area contributed by atoms with E-state index in [1.54, 1.807) is 6.26 Å². The molecule has 0 saturated heterocycles. The van der Waals surface area contributed by atoms with Crippen LogP contribution in [0.1, 0.15) is 23.7 Å². The van der Waals surface area contributed by atoms with Gasteiger partial charge in [0.05, 0.1) is 18.5 Å². The van der Waals surface area contributed by atoms with Crippen LogP contribution in [0.15, 0.2) is 68.9 Å². The molecule has 0 bridgehead atoms. The number of carbonyl (C=O) groups excluding carboxylic acids is 1. The maximum atomic E-state index is 11.2. The quantitative estimate of drug-likeness (QED) is 0.422. The highest BCUT2D eigenvalue weighted by atomic mass is 32.2. The summed E-state index contributed by atoms with van der Waals surface area (Å²) in [5.74, 6) is 2.39. The van der Waals surface area contributed by atoms with E-state index in [0.29, 0.717) is 29.7 Å². The molecular weight excluding hydrogens is 390 g/mol. The lowest BCUT2D eigenvalue weighted by molar-refractivity contribution is -0.118. The van der Waals surface area contributed by atoms with Gasteiger partial charge >= 0.3 is 0 Å². The van der Waals surface area contributed by atoms with Crippen molar-refractivity contribution in [2.45, 2.75) is 30.3 Å². The number of benzene rings is 1. The molecule has 148 valence electrons. The fourth-order valence-electron chi connectivity index (χ4n) is 2.82.